The number of halogens is 2. The minimum atomic E-state index is -0.493. The van der Waals surface area contributed by atoms with Crippen LogP contribution in [0.2, 0.25) is 0 Å². The van der Waals surface area contributed by atoms with Gasteiger partial charge in [-0.25, -0.2) is 19.2 Å². The Balaban J connectivity index is 1.12. The van der Waals surface area contributed by atoms with Crippen molar-refractivity contribution in [3.05, 3.63) is 81.1 Å². The summed E-state index contributed by atoms with van der Waals surface area (Å²) in [7, 11) is 1.38. The van der Waals surface area contributed by atoms with Gasteiger partial charge >= 0.3 is 12.0 Å². The molecule has 0 N–H and O–H groups in total. The molecule has 2 aromatic carbocycles. The molecule has 0 spiro atoms. The number of carbonyl (C=O) groups is 1. The van der Waals surface area contributed by atoms with E-state index in [0.29, 0.717) is 24.2 Å². The van der Waals surface area contributed by atoms with Gasteiger partial charge in [-0.15, -0.1) is 0 Å². The maximum atomic E-state index is 14.2. The Morgan fingerprint density at radius 1 is 1.19 bits per heavy atom. The number of benzene rings is 2. The maximum absolute atomic E-state index is 14.2. The fraction of sp³-hybridized carbons (Fsp3) is 0.387. The molecule has 1 atom stereocenters. The van der Waals surface area contributed by atoms with Crippen molar-refractivity contribution in [3.63, 3.8) is 0 Å². The average molecular weight is 650 g/mol. The van der Waals surface area contributed by atoms with E-state index in [-0.39, 0.29) is 30.2 Å². The van der Waals surface area contributed by atoms with E-state index in [1.54, 1.807) is 18.3 Å². The number of methoxy groups -OCH3 is 1. The lowest BCUT2D eigenvalue weighted by atomic mass is 9.93. The van der Waals surface area contributed by atoms with Crippen LogP contribution in [-0.2, 0) is 29.2 Å². The smallest absolute Gasteiger partial charge is 0.337 e. The van der Waals surface area contributed by atoms with E-state index in [0.717, 1.165) is 66.0 Å². The number of fused-ring (bicyclic) bond motifs is 1. The molecular weight excluding hydrogens is 619 g/mol. The lowest BCUT2D eigenvalue weighted by Gasteiger charge is -2.32. The van der Waals surface area contributed by atoms with Crippen molar-refractivity contribution in [2.24, 2.45) is 0 Å². The molecule has 2 aliphatic rings. The number of rotatable bonds is 9. The first-order valence-corrected chi connectivity index (χ1v) is 15.0. The van der Waals surface area contributed by atoms with E-state index >= 15 is 0 Å². The summed E-state index contributed by atoms with van der Waals surface area (Å²) in [5.74, 6) is 0.290. The van der Waals surface area contributed by atoms with Gasteiger partial charge < -0.3 is 18.8 Å². The van der Waals surface area contributed by atoms with Crippen LogP contribution in [0.3, 0.4) is 0 Å². The van der Waals surface area contributed by atoms with Crippen LogP contribution >= 0.6 is 15.9 Å². The molecule has 10 nitrogen and oxygen atoms in total. The van der Waals surface area contributed by atoms with E-state index < -0.39 is 11.8 Å². The molecule has 2 saturated heterocycles. The van der Waals surface area contributed by atoms with Crippen LogP contribution < -0.4 is 4.74 Å². The Labute approximate surface area is 256 Å². The Hall–Kier alpha value is -3.92. The lowest BCUT2D eigenvalue weighted by Crippen LogP contribution is -2.35. The molecule has 0 unspecified atom stereocenters. The number of ether oxygens (including phenoxy) is 3. The van der Waals surface area contributed by atoms with Gasteiger partial charge in [0.05, 0.1) is 54.7 Å². The van der Waals surface area contributed by atoms with Gasteiger partial charge in [0.2, 0.25) is 0 Å². The number of piperidine rings is 1. The third-order valence-corrected chi connectivity index (χ3v) is 8.66. The van der Waals surface area contributed by atoms with E-state index in [9.17, 15) is 9.18 Å². The number of likely N-dealkylation sites (tertiary alicyclic amines) is 1. The summed E-state index contributed by atoms with van der Waals surface area (Å²) in [6.45, 7) is 3.80. The summed E-state index contributed by atoms with van der Waals surface area (Å²) in [5.41, 5.74) is 3.66. The molecule has 6 rings (SSSR count). The predicted molar refractivity (Wildman–Crippen MR) is 158 cm³/mol. The second-order valence-electron chi connectivity index (χ2n) is 10.8. The van der Waals surface area contributed by atoms with Crippen molar-refractivity contribution in [2.45, 2.75) is 51.0 Å². The maximum Gasteiger partial charge on any atom is 0.337 e. The second-order valence-corrected chi connectivity index (χ2v) is 11.6. The number of imidazole rings is 1. The Morgan fingerprint density at radius 2 is 2.00 bits per heavy atom. The third kappa shape index (κ3) is 6.39. The van der Waals surface area contributed by atoms with Crippen LogP contribution in [0.15, 0.2) is 47.1 Å². The zero-order chi connectivity index (χ0) is 29.9. The highest BCUT2D eigenvalue weighted by Gasteiger charge is 2.27. The summed E-state index contributed by atoms with van der Waals surface area (Å²) in [4.78, 5) is 28.5. The normalized spacial score (nSPS) is 17.4. The molecule has 0 bridgehead atoms. The highest BCUT2D eigenvalue weighted by molar-refractivity contribution is 9.10. The Kier molecular flexibility index (Phi) is 8.65. The minimum Gasteiger partial charge on any atom is -0.465 e. The molecule has 2 fully saturated rings. The van der Waals surface area contributed by atoms with Crippen LogP contribution in [0.4, 0.5) is 4.39 Å². The monoisotopic (exact) mass is 648 g/mol. The molecule has 12 heteroatoms. The first-order chi connectivity index (χ1) is 20.9. The zero-order valence-electron chi connectivity index (χ0n) is 23.6. The van der Waals surface area contributed by atoms with Gasteiger partial charge in [-0.1, -0.05) is 6.07 Å². The van der Waals surface area contributed by atoms with Gasteiger partial charge in [0, 0.05) is 28.8 Å². The molecular formula is C31H30BrFN6O4. The number of nitriles is 1. The molecule has 2 aliphatic heterocycles. The van der Waals surface area contributed by atoms with Crippen molar-refractivity contribution in [2.75, 3.05) is 26.8 Å². The van der Waals surface area contributed by atoms with Gasteiger partial charge in [-0.2, -0.15) is 10.2 Å². The summed E-state index contributed by atoms with van der Waals surface area (Å²) in [5, 5.41) is 8.94. The van der Waals surface area contributed by atoms with Gasteiger partial charge in [0.1, 0.15) is 23.8 Å². The molecule has 0 radical (unpaired) electrons. The number of nitrogens with zero attached hydrogens (tertiary/aromatic N) is 6. The molecule has 0 saturated carbocycles. The Bertz CT molecular complexity index is 1690. The molecule has 0 aliphatic carbocycles. The van der Waals surface area contributed by atoms with E-state index in [1.165, 1.54) is 19.2 Å². The predicted octanol–water partition coefficient (Wildman–Crippen LogP) is 5.13. The van der Waals surface area contributed by atoms with E-state index in [2.05, 4.69) is 35.4 Å². The van der Waals surface area contributed by atoms with Crippen molar-refractivity contribution in [1.29, 1.82) is 5.26 Å². The third-order valence-electron chi connectivity index (χ3n) is 8.05. The number of aromatic nitrogens is 4. The van der Waals surface area contributed by atoms with Gasteiger partial charge in [0.25, 0.3) is 0 Å². The molecule has 43 heavy (non-hydrogen) atoms. The molecule has 222 valence electrons. The molecule has 0 amide bonds. The average Bonchev–Trinajstić information content (AvgIpc) is 3.35. The molecule has 4 aromatic rings. The van der Waals surface area contributed by atoms with Crippen LogP contribution in [0, 0.1) is 17.1 Å². The summed E-state index contributed by atoms with van der Waals surface area (Å²) in [6, 6.07) is 11.9. The number of carbonyl (C=O) groups excluding carboxylic acids is 1. The molecule has 2 aromatic heterocycles. The van der Waals surface area contributed by atoms with Crippen LogP contribution in [0.25, 0.3) is 11.0 Å². The van der Waals surface area contributed by atoms with Gasteiger partial charge in [-0.3, -0.25) is 4.90 Å². The SMILES string of the molecule is COC(=O)c1cc(Br)c2nc(CN3CCC(c4ccnc(OCc5ccc(C#N)cc5F)n4)CC3)n(C[C@@H]3CCO3)c2c1. The van der Waals surface area contributed by atoms with E-state index in [1.807, 2.05) is 18.2 Å². The summed E-state index contributed by atoms with van der Waals surface area (Å²) >= 11 is 3.61. The minimum absolute atomic E-state index is 0.0242. The van der Waals surface area contributed by atoms with Crippen molar-refractivity contribution >= 4 is 32.9 Å². The van der Waals surface area contributed by atoms with Gasteiger partial charge in [-0.05, 0) is 78.6 Å². The number of esters is 1. The topological polar surface area (TPSA) is 115 Å². The zero-order valence-corrected chi connectivity index (χ0v) is 25.2. The number of hydrogen-bond acceptors (Lipinski definition) is 9. The fourth-order valence-corrected chi connectivity index (χ4v) is 6.07. The first-order valence-electron chi connectivity index (χ1n) is 14.2. The van der Waals surface area contributed by atoms with Crippen LogP contribution in [-0.4, -0.2) is 63.3 Å². The van der Waals surface area contributed by atoms with Crippen molar-refractivity contribution in [1.82, 2.24) is 24.4 Å². The summed E-state index contributed by atoms with van der Waals surface area (Å²) < 4.78 is 33.6. The highest BCUT2D eigenvalue weighted by atomic mass is 79.9. The van der Waals surface area contributed by atoms with E-state index in [4.69, 9.17) is 24.5 Å². The van der Waals surface area contributed by atoms with Crippen molar-refractivity contribution < 1.29 is 23.4 Å². The standard InChI is InChI=1S/C31H30BrFN6O4/c1-41-30(40)22-13-24(32)29-27(14-22)39(16-23-7-11-42-23)28(37-29)17-38-9-5-20(6-10-38)26-4-8-35-31(36-26)43-18-21-3-2-19(15-34)12-25(21)33/h2-4,8,12-14,20,23H,5-7,9-11,16-18H2,1H3/t23-/m0/s1. The summed E-state index contributed by atoms with van der Waals surface area (Å²) in [6.07, 6.45) is 4.61. The molecule has 4 heterocycles. The fourth-order valence-electron chi connectivity index (χ4n) is 5.54. The van der Waals surface area contributed by atoms with Gasteiger partial charge in [0.15, 0.2) is 0 Å². The largest absolute Gasteiger partial charge is 0.465 e. The first kappa shape index (κ1) is 29.2. The lowest BCUT2D eigenvalue weighted by molar-refractivity contribution is -0.0592. The second kappa shape index (κ2) is 12.8. The van der Waals surface area contributed by atoms with Crippen LogP contribution in [0.1, 0.15) is 58.2 Å². The Morgan fingerprint density at radius 3 is 2.70 bits per heavy atom. The number of hydrogen-bond donors (Lipinski definition) is 0. The van der Waals surface area contributed by atoms with Crippen LogP contribution in [0.5, 0.6) is 6.01 Å². The quantitative estimate of drug-likeness (QED) is 0.228. The van der Waals surface area contributed by atoms with Crippen molar-refractivity contribution in [3.8, 4) is 12.1 Å². The highest BCUT2D eigenvalue weighted by Crippen LogP contribution is 2.31.